The first-order valence-electron chi connectivity index (χ1n) is 4.23. The van der Waals surface area contributed by atoms with Crippen molar-refractivity contribution in [1.29, 1.82) is 0 Å². The molecule has 2 heterocycles. The molecule has 0 aliphatic carbocycles. The van der Waals surface area contributed by atoms with E-state index in [-0.39, 0.29) is 12.0 Å². The highest BCUT2D eigenvalue weighted by molar-refractivity contribution is 7.57. The molecule has 0 aromatic heterocycles. The van der Waals surface area contributed by atoms with Crippen molar-refractivity contribution >= 4 is 17.3 Å². The topological polar surface area (TPSA) is 51.0 Å². The van der Waals surface area contributed by atoms with Crippen LogP contribution in [0.5, 0.6) is 5.75 Å². The Bertz CT molecular complexity index is 479. The van der Waals surface area contributed by atoms with E-state index in [2.05, 4.69) is 8.73 Å². The third kappa shape index (κ3) is 0.957. The summed E-state index contributed by atoms with van der Waals surface area (Å²) in [6.45, 7) is 0. The Balaban J connectivity index is 2.17. The van der Waals surface area contributed by atoms with E-state index in [4.69, 9.17) is 4.74 Å². The SMILES string of the molecule is O=C1Oc2ccccc2C2N=S=NC12. The molecule has 5 heteroatoms. The summed E-state index contributed by atoms with van der Waals surface area (Å²) in [5.74, 6) is 0.308. The maximum Gasteiger partial charge on any atom is 0.340 e. The number of nitrogens with zero attached hydrogens (tertiary/aromatic N) is 2. The van der Waals surface area contributed by atoms with Crippen LogP contribution in [-0.2, 0) is 16.1 Å². The number of fused-ring (bicyclic) bond motifs is 3. The molecule has 2 aliphatic rings. The Morgan fingerprint density at radius 2 is 2.00 bits per heavy atom. The Hall–Kier alpha value is -1.49. The number of benzene rings is 1. The zero-order chi connectivity index (χ0) is 9.54. The molecule has 0 radical (unpaired) electrons. The van der Waals surface area contributed by atoms with Crippen molar-refractivity contribution in [2.24, 2.45) is 8.73 Å². The molecule has 70 valence electrons. The summed E-state index contributed by atoms with van der Waals surface area (Å²) in [5, 5.41) is 0. The molecule has 0 amide bonds. The zero-order valence-electron chi connectivity index (χ0n) is 7.08. The highest BCUT2D eigenvalue weighted by Gasteiger charge is 2.39. The molecule has 2 atom stereocenters. The molecule has 2 aliphatic heterocycles. The standard InChI is InChI=1S/C9H6N2O2S/c12-9-8-7(10-14-11-8)5-3-1-2-4-6(5)13-9/h1-4,7-8H. The number of esters is 1. The lowest BCUT2D eigenvalue weighted by Gasteiger charge is -2.22. The van der Waals surface area contributed by atoms with Crippen molar-refractivity contribution in [3.8, 4) is 5.75 Å². The first-order valence-corrected chi connectivity index (χ1v) is 4.96. The van der Waals surface area contributed by atoms with E-state index >= 15 is 0 Å². The molecule has 2 unspecified atom stereocenters. The van der Waals surface area contributed by atoms with Crippen molar-refractivity contribution in [2.75, 3.05) is 0 Å². The average Bonchev–Trinajstić information content (AvgIpc) is 2.67. The van der Waals surface area contributed by atoms with Gasteiger partial charge in [-0.3, -0.25) is 0 Å². The van der Waals surface area contributed by atoms with E-state index in [9.17, 15) is 4.79 Å². The second kappa shape index (κ2) is 2.75. The lowest BCUT2D eigenvalue weighted by Crippen LogP contribution is -2.32. The number of para-hydroxylation sites is 1. The number of rotatable bonds is 0. The van der Waals surface area contributed by atoms with Crippen LogP contribution >= 0.6 is 0 Å². The third-order valence-electron chi connectivity index (χ3n) is 2.31. The number of hydrogen-bond acceptors (Lipinski definition) is 4. The van der Waals surface area contributed by atoms with Gasteiger partial charge in [-0.25, -0.2) is 9.16 Å². The summed E-state index contributed by atoms with van der Waals surface area (Å²) in [4.78, 5) is 11.4. The maximum absolute atomic E-state index is 11.4. The Morgan fingerprint density at radius 1 is 1.21 bits per heavy atom. The fraction of sp³-hybridized carbons (Fsp3) is 0.222. The van der Waals surface area contributed by atoms with Gasteiger partial charge in [-0.15, -0.1) is 0 Å². The van der Waals surface area contributed by atoms with Crippen molar-refractivity contribution in [3.05, 3.63) is 29.8 Å². The molecule has 1 aromatic rings. The van der Waals surface area contributed by atoms with Gasteiger partial charge < -0.3 is 4.74 Å². The Kier molecular flexibility index (Phi) is 1.55. The largest absolute Gasteiger partial charge is 0.424 e. The van der Waals surface area contributed by atoms with Crippen molar-refractivity contribution in [2.45, 2.75) is 12.1 Å². The van der Waals surface area contributed by atoms with Gasteiger partial charge in [0.2, 0.25) is 0 Å². The van der Waals surface area contributed by atoms with Gasteiger partial charge in [0.05, 0.1) is 11.4 Å². The van der Waals surface area contributed by atoms with E-state index in [0.29, 0.717) is 5.75 Å². The van der Waals surface area contributed by atoms with E-state index in [1.807, 2.05) is 18.2 Å². The van der Waals surface area contributed by atoms with Crippen LogP contribution in [0.15, 0.2) is 33.0 Å². The van der Waals surface area contributed by atoms with Crippen LogP contribution in [0.3, 0.4) is 0 Å². The molecule has 0 fully saturated rings. The fourth-order valence-electron chi connectivity index (χ4n) is 1.63. The van der Waals surface area contributed by atoms with Gasteiger partial charge in [-0.05, 0) is 6.07 Å². The first kappa shape index (κ1) is 7.87. The summed E-state index contributed by atoms with van der Waals surface area (Å²) in [7, 11) is 0. The van der Waals surface area contributed by atoms with Crippen LogP contribution in [0, 0.1) is 0 Å². The summed E-state index contributed by atoms with van der Waals surface area (Å²) in [5.41, 5.74) is 0.950. The van der Waals surface area contributed by atoms with Crippen LogP contribution in [0.2, 0.25) is 0 Å². The third-order valence-corrected chi connectivity index (χ3v) is 2.95. The van der Waals surface area contributed by atoms with Gasteiger partial charge >= 0.3 is 5.97 Å². The van der Waals surface area contributed by atoms with Crippen LogP contribution in [0.25, 0.3) is 0 Å². The zero-order valence-corrected chi connectivity index (χ0v) is 7.90. The molecular weight excluding hydrogens is 200 g/mol. The van der Waals surface area contributed by atoms with E-state index in [0.717, 1.165) is 16.9 Å². The second-order valence-corrected chi connectivity index (χ2v) is 3.73. The molecular formula is C9H6N2O2S. The molecule has 14 heavy (non-hydrogen) atoms. The van der Waals surface area contributed by atoms with Crippen LogP contribution in [0.4, 0.5) is 0 Å². The highest BCUT2D eigenvalue weighted by atomic mass is 32.1. The minimum atomic E-state index is -0.449. The smallest absolute Gasteiger partial charge is 0.340 e. The number of carbonyl (C=O) groups is 1. The quantitative estimate of drug-likeness (QED) is 0.477. The Morgan fingerprint density at radius 3 is 2.93 bits per heavy atom. The first-order chi connectivity index (χ1) is 6.86. The molecule has 3 rings (SSSR count). The van der Waals surface area contributed by atoms with Gasteiger partial charge in [0.25, 0.3) is 0 Å². The maximum atomic E-state index is 11.4. The monoisotopic (exact) mass is 206 g/mol. The van der Waals surface area contributed by atoms with Gasteiger partial charge in [-0.2, -0.15) is 4.36 Å². The fourth-order valence-corrected chi connectivity index (χ4v) is 2.32. The number of carbonyl (C=O) groups excluding carboxylic acids is 1. The lowest BCUT2D eigenvalue weighted by atomic mass is 9.97. The molecule has 0 saturated heterocycles. The van der Waals surface area contributed by atoms with Crippen LogP contribution in [-0.4, -0.2) is 12.0 Å². The van der Waals surface area contributed by atoms with Gasteiger partial charge in [-0.1, -0.05) is 18.2 Å². The minimum Gasteiger partial charge on any atom is -0.424 e. The van der Waals surface area contributed by atoms with E-state index in [1.54, 1.807) is 6.07 Å². The van der Waals surface area contributed by atoms with Crippen LogP contribution < -0.4 is 4.74 Å². The van der Waals surface area contributed by atoms with Gasteiger partial charge in [0, 0.05) is 5.56 Å². The van der Waals surface area contributed by atoms with E-state index in [1.165, 1.54) is 0 Å². The summed E-state index contributed by atoms with van der Waals surface area (Å²) in [6, 6.07) is 6.85. The van der Waals surface area contributed by atoms with E-state index < -0.39 is 6.04 Å². The Labute approximate surface area is 83.8 Å². The van der Waals surface area contributed by atoms with Gasteiger partial charge in [0.15, 0.2) is 6.04 Å². The summed E-state index contributed by atoms with van der Waals surface area (Å²) in [6.07, 6.45) is 0. The summed E-state index contributed by atoms with van der Waals surface area (Å²) >= 11 is 1.10. The predicted octanol–water partition coefficient (Wildman–Crippen LogP) is 1.48. The average molecular weight is 206 g/mol. The summed E-state index contributed by atoms with van der Waals surface area (Å²) < 4.78 is 13.4. The molecule has 0 saturated carbocycles. The van der Waals surface area contributed by atoms with Gasteiger partial charge in [0.1, 0.15) is 11.8 Å². The number of hydrogen-bond donors (Lipinski definition) is 0. The molecule has 0 N–H and O–H groups in total. The van der Waals surface area contributed by atoms with Crippen molar-refractivity contribution < 1.29 is 9.53 Å². The second-order valence-electron chi connectivity index (χ2n) is 3.14. The normalized spacial score (nSPS) is 27.6. The van der Waals surface area contributed by atoms with Crippen LogP contribution in [0.1, 0.15) is 11.6 Å². The van der Waals surface area contributed by atoms with Crippen molar-refractivity contribution in [3.63, 3.8) is 0 Å². The molecule has 0 spiro atoms. The van der Waals surface area contributed by atoms with Crippen molar-refractivity contribution in [1.82, 2.24) is 0 Å². The number of ether oxygens (including phenoxy) is 1. The predicted molar refractivity (Wildman–Crippen MR) is 50.8 cm³/mol. The highest BCUT2D eigenvalue weighted by Crippen LogP contribution is 2.37. The minimum absolute atomic E-state index is 0.155. The lowest BCUT2D eigenvalue weighted by molar-refractivity contribution is -0.137. The molecule has 1 aromatic carbocycles. The molecule has 4 nitrogen and oxygen atoms in total. The molecule has 0 bridgehead atoms.